The summed E-state index contributed by atoms with van der Waals surface area (Å²) in [7, 11) is 0. The average Bonchev–Trinajstić information content (AvgIpc) is 2.26. The first kappa shape index (κ1) is 13.7. The molecule has 0 unspecified atom stereocenters. The van der Waals surface area contributed by atoms with Crippen LogP contribution in [0, 0.1) is 0 Å². The molecular formula is C13H17BrOS. The Hall–Kier alpha value is -0.410. The second-order valence-electron chi connectivity index (χ2n) is 4.03. The molecule has 0 saturated heterocycles. The van der Waals surface area contributed by atoms with Crippen molar-refractivity contribution in [3.05, 3.63) is 40.4 Å². The SMILES string of the molecule is C=C(CS)COc1ccc(Br)cc1C(C)C. The van der Waals surface area contributed by atoms with E-state index in [-0.39, 0.29) is 0 Å². The average molecular weight is 301 g/mol. The van der Waals surface area contributed by atoms with Crippen LogP contribution < -0.4 is 4.74 Å². The molecule has 16 heavy (non-hydrogen) atoms. The Labute approximate surface area is 111 Å². The van der Waals surface area contributed by atoms with Crippen molar-refractivity contribution in [1.29, 1.82) is 0 Å². The molecule has 0 heterocycles. The predicted octanol–water partition coefficient (Wildman–Crippen LogP) is 4.44. The minimum Gasteiger partial charge on any atom is -0.489 e. The summed E-state index contributed by atoms with van der Waals surface area (Å²) in [6.45, 7) is 8.71. The van der Waals surface area contributed by atoms with Crippen molar-refractivity contribution in [2.24, 2.45) is 0 Å². The largest absolute Gasteiger partial charge is 0.489 e. The van der Waals surface area contributed by atoms with Gasteiger partial charge < -0.3 is 4.74 Å². The number of hydrogen-bond acceptors (Lipinski definition) is 2. The second-order valence-corrected chi connectivity index (χ2v) is 5.27. The zero-order chi connectivity index (χ0) is 12.1. The van der Waals surface area contributed by atoms with Gasteiger partial charge in [0.15, 0.2) is 0 Å². The maximum atomic E-state index is 5.74. The molecule has 1 nitrogen and oxygen atoms in total. The van der Waals surface area contributed by atoms with Crippen LogP contribution in [0.15, 0.2) is 34.8 Å². The van der Waals surface area contributed by atoms with Gasteiger partial charge in [0.05, 0.1) is 0 Å². The fourth-order valence-corrected chi connectivity index (χ4v) is 1.80. The molecule has 1 rings (SSSR count). The van der Waals surface area contributed by atoms with E-state index >= 15 is 0 Å². The monoisotopic (exact) mass is 300 g/mol. The molecule has 0 N–H and O–H groups in total. The molecule has 1 aromatic carbocycles. The standard InChI is InChI=1S/C13H17BrOS/c1-9(2)12-6-11(14)4-5-13(12)15-7-10(3)8-16/h4-6,9,16H,3,7-8H2,1-2H3. The minimum atomic E-state index is 0.441. The fourth-order valence-electron chi connectivity index (χ4n) is 1.33. The van der Waals surface area contributed by atoms with Gasteiger partial charge in [-0.05, 0) is 35.3 Å². The van der Waals surface area contributed by atoms with Crippen LogP contribution in [0.5, 0.6) is 5.75 Å². The molecule has 0 aromatic heterocycles. The molecule has 0 aliphatic carbocycles. The van der Waals surface area contributed by atoms with Crippen LogP contribution in [0.4, 0.5) is 0 Å². The summed E-state index contributed by atoms with van der Waals surface area (Å²) < 4.78 is 6.82. The van der Waals surface area contributed by atoms with Gasteiger partial charge in [0, 0.05) is 10.2 Å². The van der Waals surface area contributed by atoms with Crippen molar-refractivity contribution in [2.75, 3.05) is 12.4 Å². The van der Waals surface area contributed by atoms with Crippen LogP contribution in [-0.4, -0.2) is 12.4 Å². The molecule has 0 bridgehead atoms. The van der Waals surface area contributed by atoms with Crippen LogP contribution in [0.25, 0.3) is 0 Å². The number of hydrogen-bond donors (Lipinski definition) is 1. The maximum Gasteiger partial charge on any atom is 0.123 e. The predicted molar refractivity (Wildman–Crippen MR) is 76.7 cm³/mol. The fraction of sp³-hybridized carbons (Fsp3) is 0.385. The highest BCUT2D eigenvalue weighted by atomic mass is 79.9. The Morgan fingerprint density at radius 2 is 2.19 bits per heavy atom. The first-order valence-corrected chi connectivity index (χ1v) is 6.67. The molecule has 0 amide bonds. The Morgan fingerprint density at radius 1 is 1.50 bits per heavy atom. The first-order valence-electron chi connectivity index (χ1n) is 5.24. The summed E-state index contributed by atoms with van der Waals surface area (Å²) in [5.41, 5.74) is 2.20. The Kier molecular flexibility index (Phi) is 5.42. The maximum absolute atomic E-state index is 5.74. The van der Waals surface area contributed by atoms with Crippen molar-refractivity contribution in [2.45, 2.75) is 19.8 Å². The van der Waals surface area contributed by atoms with Gasteiger partial charge >= 0.3 is 0 Å². The summed E-state index contributed by atoms with van der Waals surface area (Å²) in [5.74, 6) is 2.03. The smallest absolute Gasteiger partial charge is 0.123 e. The van der Waals surface area contributed by atoms with Gasteiger partial charge in [-0.15, -0.1) is 0 Å². The van der Waals surface area contributed by atoms with Gasteiger partial charge in [0.1, 0.15) is 12.4 Å². The highest BCUT2D eigenvalue weighted by Crippen LogP contribution is 2.29. The third kappa shape index (κ3) is 3.87. The van der Waals surface area contributed by atoms with Crippen molar-refractivity contribution < 1.29 is 4.74 Å². The second kappa shape index (κ2) is 6.36. The van der Waals surface area contributed by atoms with E-state index in [9.17, 15) is 0 Å². The van der Waals surface area contributed by atoms with Gasteiger partial charge in [-0.25, -0.2) is 0 Å². The highest BCUT2D eigenvalue weighted by Gasteiger charge is 2.08. The van der Waals surface area contributed by atoms with Crippen LogP contribution in [0.1, 0.15) is 25.3 Å². The van der Waals surface area contributed by atoms with Crippen LogP contribution >= 0.6 is 28.6 Å². The lowest BCUT2D eigenvalue weighted by atomic mass is 10.0. The number of rotatable bonds is 5. The number of benzene rings is 1. The normalized spacial score (nSPS) is 10.6. The molecule has 1 aromatic rings. The van der Waals surface area contributed by atoms with E-state index in [0.717, 1.165) is 15.8 Å². The van der Waals surface area contributed by atoms with Crippen molar-refractivity contribution >= 4 is 28.6 Å². The Bertz CT molecular complexity index is 374. The Balaban J connectivity index is 2.82. The summed E-state index contributed by atoms with van der Waals surface area (Å²) in [4.78, 5) is 0. The van der Waals surface area contributed by atoms with E-state index in [1.54, 1.807) is 0 Å². The molecule has 0 radical (unpaired) electrons. The van der Waals surface area contributed by atoms with Gasteiger partial charge in [0.25, 0.3) is 0 Å². The zero-order valence-corrected chi connectivity index (χ0v) is 12.1. The molecule has 0 atom stereocenters. The first-order chi connectivity index (χ1) is 7.54. The minimum absolute atomic E-state index is 0.441. The third-order valence-corrected chi connectivity index (χ3v) is 3.19. The molecule has 0 aliphatic heterocycles. The molecule has 0 fully saturated rings. The van der Waals surface area contributed by atoms with Gasteiger partial charge in [-0.1, -0.05) is 36.4 Å². The van der Waals surface area contributed by atoms with E-state index in [4.69, 9.17) is 4.74 Å². The molecule has 0 saturated carbocycles. The van der Waals surface area contributed by atoms with Crippen molar-refractivity contribution in [1.82, 2.24) is 0 Å². The highest BCUT2D eigenvalue weighted by molar-refractivity contribution is 9.10. The van der Waals surface area contributed by atoms with Crippen molar-refractivity contribution in [3.63, 3.8) is 0 Å². The summed E-state index contributed by atoms with van der Waals surface area (Å²) in [6, 6.07) is 6.08. The van der Waals surface area contributed by atoms with E-state index < -0.39 is 0 Å². The van der Waals surface area contributed by atoms with E-state index in [0.29, 0.717) is 18.3 Å². The van der Waals surface area contributed by atoms with Gasteiger partial charge in [-0.2, -0.15) is 12.6 Å². The topological polar surface area (TPSA) is 9.23 Å². The van der Waals surface area contributed by atoms with E-state index in [2.05, 4.69) is 55.1 Å². The molecule has 0 spiro atoms. The lowest BCUT2D eigenvalue weighted by Gasteiger charge is -2.14. The number of halogens is 1. The lowest BCUT2D eigenvalue weighted by molar-refractivity contribution is 0.348. The van der Waals surface area contributed by atoms with Crippen LogP contribution in [-0.2, 0) is 0 Å². The summed E-state index contributed by atoms with van der Waals surface area (Å²) in [5, 5.41) is 0. The zero-order valence-electron chi connectivity index (χ0n) is 9.66. The van der Waals surface area contributed by atoms with Crippen molar-refractivity contribution in [3.8, 4) is 5.75 Å². The van der Waals surface area contributed by atoms with Crippen LogP contribution in [0.2, 0.25) is 0 Å². The number of thiol groups is 1. The van der Waals surface area contributed by atoms with E-state index in [1.807, 2.05) is 12.1 Å². The molecule has 0 aliphatic rings. The molecule has 88 valence electrons. The third-order valence-electron chi connectivity index (χ3n) is 2.25. The molecular weight excluding hydrogens is 284 g/mol. The quantitative estimate of drug-likeness (QED) is 0.625. The molecule has 3 heteroatoms. The van der Waals surface area contributed by atoms with Gasteiger partial charge in [0.2, 0.25) is 0 Å². The van der Waals surface area contributed by atoms with Gasteiger partial charge in [-0.3, -0.25) is 0 Å². The Morgan fingerprint density at radius 3 is 2.75 bits per heavy atom. The van der Waals surface area contributed by atoms with Crippen LogP contribution in [0.3, 0.4) is 0 Å². The van der Waals surface area contributed by atoms with E-state index in [1.165, 1.54) is 5.56 Å². The summed E-state index contributed by atoms with van der Waals surface area (Å²) in [6.07, 6.45) is 0. The summed E-state index contributed by atoms with van der Waals surface area (Å²) >= 11 is 7.63. The lowest BCUT2D eigenvalue weighted by Crippen LogP contribution is -2.04. The number of ether oxygens (including phenoxy) is 1.